The molecule has 0 radical (unpaired) electrons. The molecule has 3 aromatic heterocycles. The highest BCUT2D eigenvalue weighted by Crippen LogP contribution is 2.21. The Morgan fingerprint density at radius 1 is 1.15 bits per heavy atom. The van der Waals surface area contributed by atoms with Gasteiger partial charge in [0.1, 0.15) is 6.33 Å². The molecule has 130 valence electrons. The molecule has 0 aliphatic rings. The number of pyridine rings is 1. The SMILES string of the molecule is Cc1ccc(C(=O)NCc2nnc3ccccn23)c(-n2cnnn2)c1C. The molecule has 1 amide bonds. The van der Waals surface area contributed by atoms with Crippen molar-refractivity contribution in [1.29, 1.82) is 0 Å². The Hall–Kier alpha value is -3.62. The molecule has 0 spiro atoms. The summed E-state index contributed by atoms with van der Waals surface area (Å²) in [5.41, 5.74) is 3.89. The van der Waals surface area contributed by atoms with Crippen molar-refractivity contribution in [3.63, 3.8) is 0 Å². The van der Waals surface area contributed by atoms with E-state index in [0.29, 0.717) is 17.1 Å². The second-order valence-electron chi connectivity index (χ2n) is 5.89. The van der Waals surface area contributed by atoms with Crippen molar-refractivity contribution in [1.82, 2.24) is 40.1 Å². The van der Waals surface area contributed by atoms with Gasteiger partial charge in [-0.3, -0.25) is 9.20 Å². The third kappa shape index (κ3) is 2.69. The highest BCUT2D eigenvalue weighted by molar-refractivity contribution is 5.98. The number of hydrogen-bond acceptors (Lipinski definition) is 6. The maximum Gasteiger partial charge on any atom is 0.253 e. The Bertz CT molecular complexity index is 1080. The third-order valence-corrected chi connectivity index (χ3v) is 4.32. The average molecular weight is 348 g/mol. The summed E-state index contributed by atoms with van der Waals surface area (Å²) in [6, 6.07) is 9.32. The van der Waals surface area contributed by atoms with Gasteiger partial charge in [-0.15, -0.1) is 15.3 Å². The first-order valence-electron chi connectivity index (χ1n) is 8.05. The van der Waals surface area contributed by atoms with Crippen LogP contribution in [0.15, 0.2) is 42.9 Å². The number of tetrazole rings is 1. The van der Waals surface area contributed by atoms with Crippen LogP contribution in [0.1, 0.15) is 27.3 Å². The van der Waals surface area contributed by atoms with E-state index < -0.39 is 0 Å². The van der Waals surface area contributed by atoms with Gasteiger partial charge in [-0.1, -0.05) is 12.1 Å². The summed E-state index contributed by atoms with van der Waals surface area (Å²) >= 11 is 0. The van der Waals surface area contributed by atoms with E-state index in [1.807, 2.05) is 48.7 Å². The van der Waals surface area contributed by atoms with Gasteiger partial charge < -0.3 is 5.32 Å². The lowest BCUT2D eigenvalue weighted by atomic mass is 10.0. The molecule has 0 aliphatic carbocycles. The lowest BCUT2D eigenvalue weighted by molar-refractivity contribution is 0.0949. The van der Waals surface area contributed by atoms with E-state index in [9.17, 15) is 4.79 Å². The molecular weight excluding hydrogens is 332 g/mol. The van der Waals surface area contributed by atoms with Gasteiger partial charge in [0.2, 0.25) is 0 Å². The van der Waals surface area contributed by atoms with Gasteiger partial charge in [-0.2, -0.15) is 4.68 Å². The first kappa shape index (κ1) is 15.9. The number of aryl methyl sites for hydroxylation is 1. The monoisotopic (exact) mass is 348 g/mol. The molecule has 26 heavy (non-hydrogen) atoms. The van der Waals surface area contributed by atoms with Gasteiger partial charge in [0.15, 0.2) is 11.5 Å². The van der Waals surface area contributed by atoms with Crippen molar-refractivity contribution in [2.75, 3.05) is 0 Å². The molecule has 0 atom stereocenters. The third-order valence-electron chi connectivity index (χ3n) is 4.32. The fourth-order valence-corrected chi connectivity index (χ4v) is 2.81. The molecule has 0 bridgehead atoms. The molecule has 0 unspecified atom stereocenters. The van der Waals surface area contributed by atoms with Crippen LogP contribution in [0.25, 0.3) is 11.3 Å². The van der Waals surface area contributed by atoms with Gasteiger partial charge in [-0.05, 0) is 53.6 Å². The molecule has 1 aromatic carbocycles. The predicted octanol–water partition coefficient (Wildman–Crippen LogP) is 1.25. The Morgan fingerprint density at radius 2 is 2.04 bits per heavy atom. The number of amides is 1. The van der Waals surface area contributed by atoms with E-state index in [-0.39, 0.29) is 12.5 Å². The minimum absolute atomic E-state index is 0.230. The van der Waals surface area contributed by atoms with Crippen molar-refractivity contribution in [2.45, 2.75) is 20.4 Å². The topological polar surface area (TPSA) is 103 Å². The molecule has 9 nitrogen and oxygen atoms in total. The molecule has 0 fully saturated rings. The zero-order valence-corrected chi connectivity index (χ0v) is 14.3. The van der Waals surface area contributed by atoms with E-state index in [2.05, 4.69) is 31.0 Å². The maximum atomic E-state index is 12.8. The summed E-state index contributed by atoms with van der Waals surface area (Å²) in [5, 5.41) is 22.4. The standard InChI is InChI=1S/C17H16N8O/c1-11-6-7-13(16(12(11)2)25-10-19-22-23-25)17(26)18-9-15-21-20-14-5-3-4-8-24(14)15/h3-8,10H,9H2,1-2H3,(H,18,26). The molecule has 9 heteroatoms. The van der Waals surface area contributed by atoms with Crippen molar-refractivity contribution in [2.24, 2.45) is 0 Å². The summed E-state index contributed by atoms with van der Waals surface area (Å²) in [4.78, 5) is 12.8. The van der Waals surface area contributed by atoms with Gasteiger partial charge in [0, 0.05) is 6.20 Å². The first-order chi connectivity index (χ1) is 12.6. The van der Waals surface area contributed by atoms with Crippen LogP contribution in [-0.4, -0.2) is 40.7 Å². The number of nitrogens with zero attached hydrogens (tertiary/aromatic N) is 7. The average Bonchev–Trinajstić information content (AvgIpc) is 3.31. The number of carbonyl (C=O) groups is 1. The van der Waals surface area contributed by atoms with Crippen LogP contribution >= 0.6 is 0 Å². The minimum atomic E-state index is -0.230. The summed E-state index contributed by atoms with van der Waals surface area (Å²) < 4.78 is 3.34. The quantitative estimate of drug-likeness (QED) is 0.595. The number of aromatic nitrogens is 7. The van der Waals surface area contributed by atoms with E-state index in [1.165, 1.54) is 11.0 Å². The fourth-order valence-electron chi connectivity index (χ4n) is 2.81. The van der Waals surface area contributed by atoms with E-state index in [4.69, 9.17) is 0 Å². The lowest BCUT2D eigenvalue weighted by Gasteiger charge is -2.13. The van der Waals surface area contributed by atoms with E-state index >= 15 is 0 Å². The van der Waals surface area contributed by atoms with E-state index in [0.717, 1.165) is 16.8 Å². The van der Waals surface area contributed by atoms with Crippen LogP contribution in [-0.2, 0) is 6.54 Å². The fraction of sp³-hybridized carbons (Fsp3) is 0.176. The van der Waals surface area contributed by atoms with Gasteiger partial charge in [0.05, 0.1) is 17.8 Å². The Balaban J connectivity index is 1.64. The Kier molecular flexibility index (Phi) is 3.88. The number of nitrogens with one attached hydrogen (secondary N) is 1. The molecule has 4 rings (SSSR count). The van der Waals surface area contributed by atoms with Crippen LogP contribution in [0.4, 0.5) is 0 Å². The highest BCUT2D eigenvalue weighted by atomic mass is 16.1. The van der Waals surface area contributed by atoms with Crippen LogP contribution in [0, 0.1) is 13.8 Å². The van der Waals surface area contributed by atoms with Crippen molar-refractivity contribution < 1.29 is 4.79 Å². The Morgan fingerprint density at radius 3 is 2.85 bits per heavy atom. The minimum Gasteiger partial charge on any atom is -0.345 e. The molecule has 3 heterocycles. The van der Waals surface area contributed by atoms with Crippen LogP contribution in [0.3, 0.4) is 0 Å². The van der Waals surface area contributed by atoms with Crippen LogP contribution in [0.2, 0.25) is 0 Å². The van der Waals surface area contributed by atoms with Crippen molar-refractivity contribution in [3.8, 4) is 5.69 Å². The van der Waals surface area contributed by atoms with Crippen molar-refractivity contribution >= 4 is 11.6 Å². The summed E-state index contributed by atoms with van der Waals surface area (Å²) in [6.45, 7) is 4.17. The van der Waals surface area contributed by atoms with Crippen LogP contribution in [0.5, 0.6) is 0 Å². The van der Waals surface area contributed by atoms with Gasteiger partial charge >= 0.3 is 0 Å². The smallest absolute Gasteiger partial charge is 0.253 e. The second-order valence-corrected chi connectivity index (χ2v) is 5.89. The predicted molar refractivity (Wildman–Crippen MR) is 92.8 cm³/mol. The molecule has 4 aromatic rings. The molecule has 0 aliphatic heterocycles. The molecule has 0 saturated carbocycles. The highest BCUT2D eigenvalue weighted by Gasteiger charge is 2.18. The van der Waals surface area contributed by atoms with E-state index in [1.54, 1.807) is 6.07 Å². The molecular formula is C17H16N8O. The number of hydrogen-bond donors (Lipinski definition) is 1. The summed E-state index contributed by atoms with van der Waals surface area (Å²) in [7, 11) is 0. The summed E-state index contributed by atoms with van der Waals surface area (Å²) in [5.74, 6) is 0.424. The first-order valence-corrected chi connectivity index (χ1v) is 8.05. The number of fused-ring (bicyclic) bond motifs is 1. The van der Waals surface area contributed by atoms with Crippen LogP contribution < -0.4 is 5.32 Å². The molecule has 0 saturated heterocycles. The number of benzene rings is 1. The largest absolute Gasteiger partial charge is 0.345 e. The molecule has 1 N–H and O–H groups in total. The number of carbonyl (C=O) groups excluding carboxylic acids is 1. The van der Waals surface area contributed by atoms with Crippen molar-refractivity contribution in [3.05, 3.63) is 65.4 Å². The maximum absolute atomic E-state index is 12.8. The normalized spacial score (nSPS) is 11.0. The summed E-state index contributed by atoms with van der Waals surface area (Å²) in [6.07, 6.45) is 3.34. The second kappa shape index (κ2) is 6.36. The number of rotatable bonds is 4. The zero-order valence-electron chi connectivity index (χ0n) is 14.3. The van der Waals surface area contributed by atoms with Gasteiger partial charge in [0.25, 0.3) is 5.91 Å². The van der Waals surface area contributed by atoms with Gasteiger partial charge in [-0.25, -0.2) is 0 Å². The zero-order chi connectivity index (χ0) is 18.1. The lowest BCUT2D eigenvalue weighted by Crippen LogP contribution is -2.26. The Labute approximate surface area is 148 Å².